The van der Waals surface area contributed by atoms with Crippen molar-refractivity contribution in [1.29, 1.82) is 0 Å². The Labute approximate surface area is 92.4 Å². The molecule has 0 fully saturated rings. The number of nitrogens with zero attached hydrogens (tertiary/aromatic N) is 2. The van der Waals surface area contributed by atoms with E-state index in [0.29, 0.717) is 5.82 Å². The Morgan fingerprint density at radius 3 is 2.31 bits per heavy atom. The van der Waals surface area contributed by atoms with Gasteiger partial charge in [0.25, 0.3) is 0 Å². The number of nitrogens with one attached hydrogen (secondary N) is 1. The number of aryl methyl sites for hydroxylation is 2. The van der Waals surface area contributed by atoms with Gasteiger partial charge in [-0.05, 0) is 26.0 Å². The number of hydrogen-bond donors (Lipinski definition) is 2. The average molecular weight is 216 g/mol. The highest BCUT2D eigenvalue weighted by atomic mass is 16.1. The maximum Gasteiger partial charge on any atom is 0.349 e. The molecular weight excluding hydrogens is 204 g/mol. The smallest absolute Gasteiger partial charge is 0.349 e. The van der Waals surface area contributed by atoms with Crippen LogP contribution in [0.2, 0.25) is 0 Å². The summed E-state index contributed by atoms with van der Waals surface area (Å²) in [6, 6.07) is 5.92. The predicted molar refractivity (Wildman–Crippen MR) is 62.0 cm³/mol. The number of anilines is 1. The maximum atomic E-state index is 11.2. The lowest BCUT2D eigenvalue weighted by molar-refractivity contribution is 1.01. The number of hydrogen-bond acceptors (Lipinski definition) is 4. The molecule has 0 saturated carbocycles. The molecule has 1 heterocycles. The molecule has 0 saturated heterocycles. The molecule has 0 atom stereocenters. The fraction of sp³-hybridized carbons (Fsp3) is 0.182. The van der Waals surface area contributed by atoms with Gasteiger partial charge in [0.1, 0.15) is 5.82 Å². The molecule has 3 N–H and O–H groups in total. The van der Waals surface area contributed by atoms with Crippen LogP contribution in [-0.2, 0) is 0 Å². The van der Waals surface area contributed by atoms with Gasteiger partial charge in [0.15, 0.2) is 0 Å². The number of benzene rings is 1. The van der Waals surface area contributed by atoms with E-state index in [1.54, 1.807) is 0 Å². The first kappa shape index (κ1) is 10.4. The minimum absolute atomic E-state index is 0.0158. The zero-order valence-corrected chi connectivity index (χ0v) is 9.11. The molecule has 0 spiro atoms. The second kappa shape index (κ2) is 3.77. The van der Waals surface area contributed by atoms with E-state index in [9.17, 15) is 4.79 Å². The van der Waals surface area contributed by atoms with Gasteiger partial charge < -0.3 is 5.73 Å². The monoisotopic (exact) mass is 216 g/mol. The first-order valence-corrected chi connectivity index (χ1v) is 4.87. The number of aromatic amines is 1. The number of H-pyrrole nitrogens is 1. The highest BCUT2D eigenvalue weighted by Gasteiger charge is 2.04. The summed E-state index contributed by atoms with van der Waals surface area (Å²) in [5, 5.41) is 0. The van der Waals surface area contributed by atoms with Gasteiger partial charge in [-0.15, -0.1) is 0 Å². The molecular formula is C11H12N4O. The highest BCUT2D eigenvalue weighted by molar-refractivity contribution is 5.57. The van der Waals surface area contributed by atoms with Gasteiger partial charge in [0.05, 0.1) is 0 Å². The van der Waals surface area contributed by atoms with Gasteiger partial charge in [-0.2, -0.15) is 9.97 Å². The maximum absolute atomic E-state index is 11.2. The van der Waals surface area contributed by atoms with Crippen LogP contribution >= 0.6 is 0 Å². The van der Waals surface area contributed by atoms with Crippen molar-refractivity contribution >= 4 is 5.95 Å². The number of aromatic nitrogens is 3. The van der Waals surface area contributed by atoms with Gasteiger partial charge in [0, 0.05) is 5.56 Å². The van der Waals surface area contributed by atoms with Crippen LogP contribution in [0.15, 0.2) is 23.0 Å². The third-order valence-corrected chi connectivity index (χ3v) is 2.16. The Balaban J connectivity index is 2.62. The van der Waals surface area contributed by atoms with E-state index in [2.05, 4.69) is 15.0 Å². The zero-order chi connectivity index (χ0) is 11.7. The SMILES string of the molecule is Cc1cc(C)cc(-c2nc(N)nc(=O)[nH]2)c1. The van der Waals surface area contributed by atoms with Crippen LogP contribution in [0, 0.1) is 13.8 Å². The molecule has 0 bridgehead atoms. The molecule has 0 aliphatic rings. The minimum atomic E-state index is -0.485. The third-order valence-electron chi connectivity index (χ3n) is 2.16. The lowest BCUT2D eigenvalue weighted by Gasteiger charge is -2.04. The quantitative estimate of drug-likeness (QED) is 0.745. The van der Waals surface area contributed by atoms with Crippen molar-refractivity contribution in [1.82, 2.24) is 15.0 Å². The standard InChI is InChI=1S/C11H12N4O/c1-6-3-7(2)5-8(4-6)9-13-10(12)15-11(16)14-9/h3-5H,1-2H3,(H3,12,13,14,15,16). The van der Waals surface area contributed by atoms with E-state index in [1.165, 1.54) is 0 Å². The van der Waals surface area contributed by atoms with Gasteiger partial charge in [-0.1, -0.05) is 17.2 Å². The minimum Gasteiger partial charge on any atom is -0.368 e. The molecule has 5 nitrogen and oxygen atoms in total. The van der Waals surface area contributed by atoms with Crippen molar-refractivity contribution in [2.24, 2.45) is 0 Å². The average Bonchev–Trinajstić information content (AvgIpc) is 2.14. The summed E-state index contributed by atoms with van der Waals surface area (Å²) in [5.74, 6) is 0.433. The van der Waals surface area contributed by atoms with Crippen molar-refractivity contribution in [3.05, 3.63) is 39.8 Å². The van der Waals surface area contributed by atoms with Crippen LogP contribution < -0.4 is 11.4 Å². The number of nitrogen functional groups attached to an aromatic ring is 1. The van der Waals surface area contributed by atoms with E-state index in [1.807, 2.05) is 32.0 Å². The van der Waals surface area contributed by atoms with Crippen molar-refractivity contribution in [2.75, 3.05) is 5.73 Å². The van der Waals surface area contributed by atoms with E-state index in [4.69, 9.17) is 5.73 Å². The summed E-state index contributed by atoms with van der Waals surface area (Å²) in [6.07, 6.45) is 0. The van der Waals surface area contributed by atoms with Crippen molar-refractivity contribution in [3.8, 4) is 11.4 Å². The Kier molecular flexibility index (Phi) is 2.44. The number of rotatable bonds is 1. The lowest BCUT2D eigenvalue weighted by atomic mass is 10.1. The number of nitrogens with two attached hydrogens (primary N) is 1. The molecule has 2 rings (SSSR count). The van der Waals surface area contributed by atoms with Gasteiger partial charge >= 0.3 is 5.69 Å². The van der Waals surface area contributed by atoms with Crippen LogP contribution in [-0.4, -0.2) is 15.0 Å². The largest absolute Gasteiger partial charge is 0.368 e. The fourth-order valence-electron chi connectivity index (χ4n) is 1.65. The van der Waals surface area contributed by atoms with Crippen molar-refractivity contribution < 1.29 is 0 Å². The van der Waals surface area contributed by atoms with Crippen molar-refractivity contribution in [3.63, 3.8) is 0 Å². The first-order valence-electron chi connectivity index (χ1n) is 4.87. The molecule has 0 aliphatic heterocycles. The Hall–Kier alpha value is -2.17. The van der Waals surface area contributed by atoms with Crippen LogP contribution in [0.5, 0.6) is 0 Å². The third kappa shape index (κ3) is 2.08. The van der Waals surface area contributed by atoms with Crippen LogP contribution in [0.1, 0.15) is 11.1 Å². The molecule has 2 aromatic rings. The Bertz CT molecular complexity index is 569. The second-order valence-corrected chi connectivity index (χ2v) is 3.74. The van der Waals surface area contributed by atoms with Crippen LogP contribution in [0.3, 0.4) is 0 Å². The second-order valence-electron chi connectivity index (χ2n) is 3.74. The topological polar surface area (TPSA) is 84.7 Å². The van der Waals surface area contributed by atoms with Gasteiger partial charge in [-0.25, -0.2) is 4.79 Å². The zero-order valence-electron chi connectivity index (χ0n) is 9.11. The highest BCUT2D eigenvalue weighted by Crippen LogP contribution is 2.17. The molecule has 1 aromatic heterocycles. The predicted octanol–water partition coefficient (Wildman–Crippen LogP) is 1.03. The van der Waals surface area contributed by atoms with E-state index < -0.39 is 5.69 Å². The summed E-state index contributed by atoms with van der Waals surface area (Å²) >= 11 is 0. The van der Waals surface area contributed by atoms with E-state index in [-0.39, 0.29) is 5.95 Å². The molecule has 82 valence electrons. The Morgan fingerprint density at radius 2 is 1.75 bits per heavy atom. The van der Waals surface area contributed by atoms with Crippen LogP contribution in [0.25, 0.3) is 11.4 Å². The van der Waals surface area contributed by atoms with Gasteiger partial charge in [-0.3, -0.25) is 4.98 Å². The molecule has 5 heteroatoms. The molecule has 0 aliphatic carbocycles. The molecule has 0 unspecified atom stereocenters. The molecule has 0 amide bonds. The molecule has 0 radical (unpaired) electrons. The summed E-state index contributed by atoms with van der Waals surface area (Å²) in [7, 11) is 0. The normalized spacial score (nSPS) is 10.4. The Morgan fingerprint density at radius 1 is 1.12 bits per heavy atom. The molecule has 16 heavy (non-hydrogen) atoms. The first-order chi connectivity index (χ1) is 7.54. The van der Waals surface area contributed by atoms with E-state index >= 15 is 0 Å². The van der Waals surface area contributed by atoms with E-state index in [0.717, 1.165) is 16.7 Å². The fourth-order valence-corrected chi connectivity index (χ4v) is 1.65. The van der Waals surface area contributed by atoms with Crippen LogP contribution in [0.4, 0.5) is 5.95 Å². The summed E-state index contributed by atoms with van der Waals surface area (Å²) < 4.78 is 0. The molecule has 1 aromatic carbocycles. The van der Waals surface area contributed by atoms with Gasteiger partial charge in [0.2, 0.25) is 5.95 Å². The summed E-state index contributed by atoms with van der Waals surface area (Å²) in [5.41, 5.74) is 7.99. The van der Waals surface area contributed by atoms with Crippen molar-refractivity contribution in [2.45, 2.75) is 13.8 Å². The summed E-state index contributed by atoms with van der Waals surface area (Å²) in [4.78, 5) is 21.2. The summed E-state index contributed by atoms with van der Waals surface area (Å²) in [6.45, 7) is 3.97. The lowest BCUT2D eigenvalue weighted by Crippen LogP contribution is -2.15.